The van der Waals surface area contributed by atoms with Crippen LogP contribution in [0, 0.1) is 13.8 Å². The van der Waals surface area contributed by atoms with Crippen LogP contribution < -0.4 is 0 Å². The van der Waals surface area contributed by atoms with Gasteiger partial charge in [-0.25, -0.2) is 0 Å². The molecule has 108 valence electrons. The van der Waals surface area contributed by atoms with Gasteiger partial charge in [0.05, 0.1) is 8.07 Å². The lowest BCUT2D eigenvalue weighted by molar-refractivity contribution is 0.605. The Bertz CT molecular complexity index is 560. The molecular formula is C19H28Si. The maximum Gasteiger partial charge on any atom is 0.0771 e. The molecule has 0 aromatic heterocycles. The molecule has 0 nitrogen and oxygen atoms in total. The first kappa shape index (κ1) is 15.3. The normalized spacial score (nSPS) is 16.1. The Labute approximate surface area is 125 Å². The van der Waals surface area contributed by atoms with E-state index >= 15 is 0 Å². The number of allylic oxidation sites excluding steroid dienone is 4. The van der Waals surface area contributed by atoms with Crippen molar-refractivity contribution in [3.05, 3.63) is 57.8 Å². The van der Waals surface area contributed by atoms with Crippen molar-refractivity contribution in [1.82, 2.24) is 0 Å². The maximum absolute atomic E-state index is 2.50. The summed E-state index contributed by atoms with van der Waals surface area (Å²) < 4.78 is 0. The molecule has 1 aliphatic carbocycles. The van der Waals surface area contributed by atoms with E-state index in [0.717, 1.165) is 6.42 Å². The summed E-state index contributed by atoms with van der Waals surface area (Å²) in [4.78, 5) is 0. The average Bonchev–Trinajstić information content (AvgIpc) is 2.77. The lowest BCUT2D eigenvalue weighted by Crippen LogP contribution is -2.24. The van der Waals surface area contributed by atoms with Crippen molar-refractivity contribution in [1.29, 1.82) is 0 Å². The van der Waals surface area contributed by atoms with Crippen molar-refractivity contribution in [3.8, 4) is 0 Å². The van der Waals surface area contributed by atoms with Gasteiger partial charge in [0, 0.05) is 5.41 Å². The van der Waals surface area contributed by atoms with Crippen LogP contribution in [0.2, 0.25) is 19.6 Å². The fraction of sp³-hybridized carbons (Fsp3) is 0.474. The molecule has 0 saturated heterocycles. The molecule has 0 fully saturated rings. The molecule has 1 aromatic carbocycles. The van der Waals surface area contributed by atoms with Crippen LogP contribution in [0.15, 0.2) is 41.1 Å². The molecule has 2 rings (SSSR count). The molecule has 0 bridgehead atoms. The van der Waals surface area contributed by atoms with Crippen LogP contribution in [0.25, 0.3) is 0 Å². The predicted molar refractivity (Wildman–Crippen MR) is 93.1 cm³/mol. The highest BCUT2D eigenvalue weighted by Gasteiger charge is 2.32. The monoisotopic (exact) mass is 284 g/mol. The minimum Gasteiger partial charge on any atom is -0.0812 e. The fourth-order valence-corrected chi connectivity index (χ4v) is 4.77. The van der Waals surface area contributed by atoms with E-state index in [0.29, 0.717) is 0 Å². The molecule has 0 atom stereocenters. The first-order valence-corrected chi connectivity index (χ1v) is 11.1. The molecule has 1 aliphatic rings. The zero-order valence-corrected chi connectivity index (χ0v) is 15.1. The van der Waals surface area contributed by atoms with Gasteiger partial charge < -0.3 is 0 Å². The summed E-state index contributed by atoms with van der Waals surface area (Å²) in [7, 11) is -1.19. The summed E-state index contributed by atoms with van der Waals surface area (Å²) in [5, 5.41) is 1.62. The van der Waals surface area contributed by atoms with Gasteiger partial charge in [0.1, 0.15) is 0 Å². The maximum atomic E-state index is 2.50. The quantitative estimate of drug-likeness (QED) is 0.623. The molecule has 0 aliphatic heterocycles. The molecule has 0 radical (unpaired) electrons. The summed E-state index contributed by atoms with van der Waals surface area (Å²) in [6, 6.07) is 6.65. The first-order chi connectivity index (χ1) is 9.14. The van der Waals surface area contributed by atoms with Gasteiger partial charge in [-0.15, -0.1) is 0 Å². The third-order valence-corrected chi connectivity index (χ3v) is 6.73. The van der Waals surface area contributed by atoms with E-state index in [1.165, 1.54) is 16.7 Å². The zero-order valence-electron chi connectivity index (χ0n) is 14.1. The lowest BCUT2D eigenvalue weighted by atomic mass is 9.73. The Morgan fingerprint density at radius 1 is 1.00 bits per heavy atom. The Kier molecular flexibility index (Phi) is 3.85. The van der Waals surface area contributed by atoms with Crippen LogP contribution in [0.5, 0.6) is 0 Å². The molecule has 0 saturated carbocycles. The third-order valence-electron chi connectivity index (χ3n) is 4.65. The minimum absolute atomic E-state index is 0.132. The number of benzene rings is 1. The Morgan fingerprint density at radius 2 is 1.55 bits per heavy atom. The minimum atomic E-state index is -1.19. The van der Waals surface area contributed by atoms with E-state index in [9.17, 15) is 0 Å². The second-order valence-electron chi connectivity index (χ2n) is 7.67. The van der Waals surface area contributed by atoms with Gasteiger partial charge in [0.2, 0.25) is 0 Å². The van der Waals surface area contributed by atoms with Gasteiger partial charge in [-0.1, -0.05) is 74.6 Å². The van der Waals surface area contributed by atoms with Crippen molar-refractivity contribution in [3.63, 3.8) is 0 Å². The van der Waals surface area contributed by atoms with Crippen LogP contribution in [0.1, 0.15) is 37.0 Å². The molecule has 0 unspecified atom stereocenters. The van der Waals surface area contributed by atoms with Gasteiger partial charge in [-0.05, 0) is 37.0 Å². The van der Waals surface area contributed by atoms with E-state index in [2.05, 4.69) is 77.7 Å². The number of aryl methyl sites for hydroxylation is 2. The number of rotatable bonds is 3. The van der Waals surface area contributed by atoms with Crippen molar-refractivity contribution < 1.29 is 0 Å². The summed E-state index contributed by atoms with van der Waals surface area (Å²) >= 11 is 0. The summed E-state index contributed by atoms with van der Waals surface area (Å²) in [5.74, 6) is 0. The second kappa shape index (κ2) is 5.03. The first-order valence-electron chi connectivity index (χ1n) is 7.62. The molecule has 0 spiro atoms. The van der Waals surface area contributed by atoms with Crippen molar-refractivity contribution in [2.75, 3.05) is 0 Å². The van der Waals surface area contributed by atoms with Gasteiger partial charge in [-0.3, -0.25) is 0 Å². The summed E-state index contributed by atoms with van der Waals surface area (Å²) in [6.07, 6.45) is 6.09. The van der Waals surface area contributed by atoms with Crippen LogP contribution >= 0.6 is 0 Å². The molecule has 0 heterocycles. The lowest BCUT2D eigenvalue weighted by Gasteiger charge is -2.31. The van der Waals surface area contributed by atoms with Crippen molar-refractivity contribution in [2.24, 2.45) is 0 Å². The largest absolute Gasteiger partial charge is 0.0812 e. The van der Waals surface area contributed by atoms with Gasteiger partial charge in [0.25, 0.3) is 0 Å². The van der Waals surface area contributed by atoms with Crippen LogP contribution in [0.4, 0.5) is 0 Å². The second-order valence-corrected chi connectivity index (χ2v) is 12.8. The Hall–Kier alpha value is -1.08. The number of hydrogen-bond acceptors (Lipinski definition) is 0. The topological polar surface area (TPSA) is 0 Å². The molecule has 20 heavy (non-hydrogen) atoms. The third kappa shape index (κ3) is 2.69. The van der Waals surface area contributed by atoms with E-state index in [-0.39, 0.29) is 5.41 Å². The standard InChI is InChI=1S/C19H28Si/c1-14-9-8-10-15(2)18(14)19(3,4)16-11-12-17(13-16)20(5,6)7/h8-10,12-13H,11H2,1-7H3. The van der Waals surface area contributed by atoms with Crippen LogP contribution in [-0.2, 0) is 5.41 Å². The Balaban J connectivity index is 2.43. The smallest absolute Gasteiger partial charge is 0.0771 e. The highest BCUT2D eigenvalue weighted by atomic mass is 28.3. The fourth-order valence-electron chi connectivity index (χ4n) is 3.44. The summed E-state index contributed by atoms with van der Waals surface area (Å²) in [5.41, 5.74) is 6.05. The van der Waals surface area contributed by atoms with E-state index in [1.807, 2.05) is 0 Å². The predicted octanol–water partition coefficient (Wildman–Crippen LogP) is 5.71. The van der Waals surface area contributed by atoms with Gasteiger partial charge in [-0.2, -0.15) is 0 Å². The SMILES string of the molecule is Cc1cccc(C)c1C(C)(C)C1=CC([Si](C)(C)C)=CC1. The highest BCUT2D eigenvalue weighted by Crippen LogP contribution is 2.41. The number of hydrogen-bond donors (Lipinski definition) is 0. The van der Waals surface area contributed by atoms with Gasteiger partial charge >= 0.3 is 0 Å². The molecular weight excluding hydrogens is 256 g/mol. The highest BCUT2D eigenvalue weighted by molar-refractivity contribution is 6.83. The van der Waals surface area contributed by atoms with E-state index < -0.39 is 8.07 Å². The van der Waals surface area contributed by atoms with Crippen molar-refractivity contribution >= 4 is 8.07 Å². The summed E-state index contributed by atoms with van der Waals surface area (Å²) in [6.45, 7) is 16.6. The average molecular weight is 285 g/mol. The molecule has 1 aromatic rings. The van der Waals surface area contributed by atoms with Crippen molar-refractivity contribution in [2.45, 2.75) is 59.2 Å². The molecule has 0 N–H and O–H groups in total. The van der Waals surface area contributed by atoms with E-state index in [1.54, 1.807) is 10.8 Å². The molecule has 0 amide bonds. The van der Waals surface area contributed by atoms with E-state index in [4.69, 9.17) is 0 Å². The van der Waals surface area contributed by atoms with Crippen LogP contribution in [-0.4, -0.2) is 8.07 Å². The Morgan fingerprint density at radius 3 is 2.00 bits per heavy atom. The molecule has 1 heteroatoms. The van der Waals surface area contributed by atoms with Crippen LogP contribution in [0.3, 0.4) is 0 Å². The zero-order chi connectivity index (χ0) is 15.1. The van der Waals surface area contributed by atoms with Gasteiger partial charge in [0.15, 0.2) is 0 Å².